The van der Waals surface area contributed by atoms with Gasteiger partial charge in [-0.25, -0.2) is 0 Å². The first-order valence-electron chi connectivity index (χ1n) is 40.1. The molecule has 0 radical (unpaired) electrons. The van der Waals surface area contributed by atoms with Gasteiger partial charge < -0.3 is 0 Å². The maximum Gasteiger partial charge on any atom is -0.0355 e. The molecule has 5 unspecified atom stereocenters. The molecule has 5 atom stereocenters. The first-order chi connectivity index (χ1) is 40.1. The Morgan fingerprint density at radius 2 is 0.326 bits per heavy atom. The van der Waals surface area contributed by atoms with E-state index in [2.05, 4.69) is 242 Å². The van der Waals surface area contributed by atoms with Crippen LogP contribution in [-0.2, 0) is 0 Å². The lowest BCUT2D eigenvalue weighted by molar-refractivity contribution is 0.124. The molecule has 0 aliphatic rings. The molecule has 0 heterocycles. The molecular formula is C86H194. The standard InChI is InChI=1S/3C18H38.C16H34.2C3H8.5C2H6/c3*1-9-15(10-2)17(16(11-3)12-4)13-14(5)18(6,7)8;1-8-11-15(14(9-2)10-3)12-13(4)16(5,6)7;2*1-3-2;5*1-2/h3*14-17H,9-13H2,1-8H3;13-15H,8-12H2,1-7H3;2*3H2,1-2H3;5*1-2H3. The molecule has 538 valence electrons. The molecule has 0 saturated carbocycles. The largest absolute Gasteiger partial charge is 0.0683 e. The SMILES string of the molecule is CC.CC.CC.CC.CC.CCC.CCC.CCC(CC)C(CC(C)C(C)(C)C)C(CC)CC.CCC(CC)C(CC(C)C(C)(C)C)C(CC)CC.CCC(CC)C(CC(C)C(C)(C)C)C(CC)CC.CCCC(CC(C)C(C)(C)C)C(CC)CC. The fourth-order valence-electron chi connectivity index (χ4n) is 12.6. The van der Waals surface area contributed by atoms with E-state index in [1.807, 2.05) is 69.2 Å². The van der Waals surface area contributed by atoms with Crippen molar-refractivity contribution in [2.45, 2.75) is 453 Å². The summed E-state index contributed by atoms with van der Waals surface area (Å²) in [6, 6.07) is 0. The van der Waals surface area contributed by atoms with Crippen molar-refractivity contribution in [3.63, 3.8) is 0 Å². The molecule has 0 aromatic carbocycles. The summed E-state index contributed by atoms with van der Waals surface area (Å²) in [5.74, 6) is 13.6. The molecule has 0 aromatic heterocycles. The number of hydrogen-bond donors (Lipinski definition) is 0. The van der Waals surface area contributed by atoms with Crippen LogP contribution in [0.5, 0.6) is 0 Å². The van der Waals surface area contributed by atoms with E-state index >= 15 is 0 Å². The summed E-state index contributed by atoms with van der Waals surface area (Å²) in [5.41, 5.74) is 1.83. The highest BCUT2D eigenvalue weighted by molar-refractivity contribution is 4.84. The second kappa shape index (κ2) is 72.4. The van der Waals surface area contributed by atoms with Crippen molar-refractivity contribution in [3.05, 3.63) is 0 Å². The van der Waals surface area contributed by atoms with Gasteiger partial charge in [-0.3, -0.25) is 0 Å². The van der Waals surface area contributed by atoms with Gasteiger partial charge in [-0.05, 0) is 136 Å². The summed E-state index contributed by atoms with van der Waals surface area (Å²) in [6.07, 6.45) is 29.9. The van der Waals surface area contributed by atoms with E-state index in [1.165, 1.54) is 141 Å². The van der Waals surface area contributed by atoms with Crippen molar-refractivity contribution < 1.29 is 0 Å². The third-order valence-corrected chi connectivity index (χ3v) is 20.7. The summed E-state index contributed by atoms with van der Waals surface area (Å²) in [4.78, 5) is 0. The van der Waals surface area contributed by atoms with Crippen LogP contribution in [0.1, 0.15) is 453 Å². The molecule has 0 nitrogen and oxygen atoms in total. The Bertz CT molecular complexity index is 971. The van der Waals surface area contributed by atoms with Crippen LogP contribution in [0, 0.1) is 110 Å². The van der Waals surface area contributed by atoms with Crippen molar-refractivity contribution in [2.24, 2.45) is 110 Å². The molecule has 0 saturated heterocycles. The lowest BCUT2D eigenvalue weighted by Gasteiger charge is -2.38. The summed E-state index contributed by atoms with van der Waals surface area (Å²) in [5, 5.41) is 0. The zero-order chi connectivity index (χ0) is 71.2. The molecule has 0 aliphatic heterocycles. The molecule has 0 bridgehead atoms. The summed E-state index contributed by atoms with van der Waals surface area (Å²) in [6.45, 7) is 103. The van der Waals surface area contributed by atoms with Crippen LogP contribution in [0.3, 0.4) is 0 Å². The number of hydrogen-bond acceptors (Lipinski definition) is 0. The molecule has 0 aromatic rings. The number of rotatable bonds is 31. The monoisotopic (exact) mass is 1230 g/mol. The molecule has 0 rings (SSSR count). The van der Waals surface area contributed by atoms with Crippen molar-refractivity contribution in [1.82, 2.24) is 0 Å². The minimum Gasteiger partial charge on any atom is -0.0683 e. The Labute approximate surface area is 560 Å². The minimum atomic E-state index is 0.455. The van der Waals surface area contributed by atoms with E-state index < -0.39 is 0 Å². The van der Waals surface area contributed by atoms with Crippen molar-refractivity contribution in [3.8, 4) is 0 Å². The van der Waals surface area contributed by atoms with Crippen LogP contribution in [0.15, 0.2) is 0 Å². The maximum atomic E-state index is 2.46. The van der Waals surface area contributed by atoms with Crippen LogP contribution in [0.2, 0.25) is 0 Å². The van der Waals surface area contributed by atoms with Crippen LogP contribution < -0.4 is 0 Å². The molecule has 0 aliphatic carbocycles. The van der Waals surface area contributed by atoms with Gasteiger partial charge in [0.2, 0.25) is 0 Å². The second-order valence-corrected chi connectivity index (χ2v) is 30.0. The maximum absolute atomic E-state index is 2.46. The molecule has 0 heteroatoms. The van der Waals surface area contributed by atoms with Gasteiger partial charge in [0, 0.05) is 0 Å². The van der Waals surface area contributed by atoms with Gasteiger partial charge in [-0.2, -0.15) is 0 Å². The van der Waals surface area contributed by atoms with E-state index in [0.29, 0.717) is 21.7 Å². The van der Waals surface area contributed by atoms with Crippen molar-refractivity contribution in [2.75, 3.05) is 0 Å². The van der Waals surface area contributed by atoms with Crippen LogP contribution >= 0.6 is 0 Å². The first kappa shape index (κ1) is 110. The zero-order valence-electron chi connectivity index (χ0n) is 71.2. The van der Waals surface area contributed by atoms with E-state index in [0.717, 1.165) is 88.8 Å². The fraction of sp³-hybridized carbons (Fsp3) is 1.00. The minimum absolute atomic E-state index is 0.455. The highest BCUT2D eigenvalue weighted by atomic mass is 14.4. The molecule has 0 amide bonds. The summed E-state index contributed by atoms with van der Waals surface area (Å²) >= 11 is 0. The van der Waals surface area contributed by atoms with Gasteiger partial charge in [0.25, 0.3) is 0 Å². The first-order valence-corrected chi connectivity index (χ1v) is 40.1. The van der Waals surface area contributed by atoms with Gasteiger partial charge in [0.1, 0.15) is 0 Å². The molecule has 86 heavy (non-hydrogen) atoms. The third-order valence-electron chi connectivity index (χ3n) is 20.7. The molecular weight excluding hydrogens is 1030 g/mol. The smallest absolute Gasteiger partial charge is 0.0355 e. The predicted octanol–water partition coefficient (Wildman–Crippen LogP) is 33.5. The lowest BCUT2D eigenvalue weighted by atomic mass is 9.68. The van der Waals surface area contributed by atoms with Crippen LogP contribution in [-0.4, -0.2) is 0 Å². The second-order valence-electron chi connectivity index (χ2n) is 30.0. The average molecular weight is 1230 g/mol. The van der Waals surface area contributed by atoms with Gasteiger partial charge in [-0.15, -0.1) is 0 Å². The average Bonchev–Trinajstić information content (AvgIpc) is 3.61. The normalized spacial score (nSPS) is 13.2. The van der Waals surface area contributed by atoms with Gasteiger partial charge in [0.05, 0.1) is 0 Å². The van der Waals surface area contributed by atoms with Gasteiger partial charge >= 0.3 is 0 Å². The Balaban J connectivity index is -0.0000000893. The molecule has 0 fully saturated rings. The molecule has 0 spiro atoms. The van der Waals surface area contributed by atoms with Crippen LogP contribution in [0.4, 0.5) is 0 Å². The lowest BCUT2D eigenvalue weighted by Crippen LogP contribution is -2.28. The van der Waals surface area contributed by atoms with Crippen molar-refractivity contribution >= 4 is 0 Å². The Morgan fingerprint density at radius 3 is 0.430 bits per heavy atom. The topological polar surface area (TPSA) is 0 Å². The van der Waals surface area contributed by atoms with Gasteiger partial charge in [-0.1, -0.05) is 427 Å². The highest BCUT2D eigenvalue weighted by Crippen LogP contribution is 2.43. The molecule has 0 N–H and O–H groups in total. The van der Waals surface area contributed by atoms with E-state index in [-0.39, 0.29) is 0 Å². The summed E-state index contributed by atoms with van der Waals surface area (Å²) < 4.78 is 0. The third kappa shape index (κ3) is 59.0. The summed E-state index contributed by atoms with van der Waals surface area (Å²) in [7, 11) is 0. The highest BCUT2D eigenvalue weighted by Gasteiger charge is 2.34. The Hall–Kier alpha value is 0. The van der Waals surface area contributed by atoms with E-state index in [9.17, 15) is 0 Å². The van der Waals surface area contributed by atoms with Crippen LogP contribution in [0.25, 0.3) is 0 Å². The van der Waals surface area contributed by atoms with E-state index in [4.69, 9.17) is 0 Å². The Kier molecular flexibility index (Phi) is 93.0. The Morgan fingerprint density at radius 1 is 0.198 bits per heavy atom. The van der Waals surface area contributed by atoms with Crippen molar-refractivity contribution in [1.29, 1.82) is 0 Å². The fourth-order valence-corrected chi connectivity index (χ4v) is 12.6. The van der Waals surface area contributed by atoms with E-state index in [1.54, 1.807) is 0 Å². The quantitative estimate of drug-likeness (QED) is 0.0649. The van der Waals surface area contributed by atoms with Gasteiger partial charge in [0.15, 0.2) is 0 Å². The zero-order valence-corrected chi connectivity index (χ0v) is 71.2. The predicted molar refractivity (Wildman–Crippen MR) is 419 cm³/mol.